The molecule has 3 aromatic rings. The van der Waals surface area contributed by atoms with Crippen LogP contribution in [0, 0.1) is 0 Å². The second-order valence-corrected chi connectivity index (χ2v) is 6.47. The quantitative estimate of drug-likeness (QED) is 0.595. The smallest absolute Gasteiger partial charge is 0.406 e. The Bertz CT molecular complexity index is 911. The number of H-pyrrole nitrogens is 1. The third-order valence-electron chi connectivity index (χ3n) is 3.58. The Hall–Kier alpha value is -2.95. The molecule has 2 aromatic heterocycles. The van der Waals surface area contributed by atoms with Gasteiger partial charge in [-0.05, 0) is 36.4 Å². The highest BCUT2D eigenvalue weighted by atomic mass is 32.2. The Morgan fingerprint density at radius 2 is 2.00 bits per heavy atom. The maximum atomic E-state index is 13.0. The van der Waals surface area contributed by atoms with Crippen molar-refractivity contribution in [1.82, 2.24) is 15.2 Å². The SMILES string of the molecule is COc1ccc(N(CC(F)(F)F)C(=O)CSc2nnc(-c3ccc[nH]3)o2)cc1. The summed E-state index contributed by atoms with van der Waals surface area (Å²) >= 11 is 0.866. The number of rotatable bonds is 7. The van der Waals surface area contributed by atoms with Crippen LogP contribution in [0.15, 0.2) is 52.2 Å². The average molecular weight is 412 g/mol. The number of nitrogens with zero attached hydrogens (tertiary/aromatic N) is 3. The van der Waals surface area contributed by atoms with E-state index in [1.54, 1.807) is 18.3 Å². The van der Waals surface area contributed by atoms with Gasteiger partial charge in [-0.3, -0.25) is 4.79 Å². The summed E-state index contributed by atoms with van der Waals surface area (Å²) in [5.41, 5.74) is 0.712. The molecule has 11 heteroatoms. The van der Waals surface area contributed by atoms with Gasteiger partial charge in [0.1, 0.15) is 18.0 Å². The molecule has 1 amide bonds. The number of amides is 1. The first kappa shape index (κ1) is 19.8. The number of nitrogens with one attached hydrogen (secondary N) is 1. The molecule has 0 aliphatic heterocycles. The molecule has 0 saturated carbocycles. The van der Waals surface area contributed by atoms with Crippen LogP contribution in [-0.2, 0) is 4.79 Å². The molecular formula is C17H15F3N4O3S. The molecule has 0 radical (unpaired) electrons. The van der Waals surface area contributed by atoms with Gasteiger partial charge in [0.15, 0.2) is 0 Å². The van der Waals surface area contributed by atoms with Crippen molar-refractivity contribution in [3.8, 4) is 17.3 Å². The fraction of sp³-hybridized carbons (Fsp3) is 0.235. The van der Waals surface area contributed by atoms with Gasteiger partial charge in [0.2, 0.25) is 5.91 Å². The van der Waals surface area contributed by atoms with Gasteiger partial charge in [0.25, 0.3) is 11.1 Å². The van der Waals surface area contributed by atoms with Crippen molar-refractivity contribution in [2.75, 3.05) is 24.3 Å². The average Bonchev–Trinajstić information content (AvgIpc) is 3.35. The third kappa shape index (κ3) is 5.06. The van der Waals surface area contributed by atoms with Crippen LogP contribution in [0.3, 0.4) is 0 Å². The Kier molecular flexibility index (Phi) is 5.93. The van der Waals surface area contributed by atoms with Crippen molar-refractivity contribution in [3.05, 3.63) is 42.6 Å². The number of halogens is 3. The van der Waals surface area contributed by atoms with E-state index in [-0.39, 0.29) is 22.6 Å². The van der Waals surface area contributed by atoms with Gasteiger partial charge in [0.05, 0.1) is 12.9 Å². The van der Waals surface area contributed by atoms with E-state index in [2.05, 4.69) is 15.2 Å². The van der Waals surface area contributed by atoms with Crippen LogP contribution in [-0.4, -0.2) is 46.7 Å². The highest BCUT2D eigenvalue weighted by Gasteiger charge is 2.34. The normalized spacial score (nSPS) is 11.4. The Morgan fingerprint density at radius 3 is 2.61 bits per heavy atom. The minimum atomic E-state index is -4.55. The molecule has 0 aliphatic rings. The van der Waals surface area contributed by atoms with Crippen molar-refractivity contribution in [1.29, 1.82) is 0 Å². The number of carbonyl (C=O) groups is 1. The summed E-state index contributed by atoms with van der Waals surface area (Å²) in [6, 6.07) is 9.23. The van der Waals surface area contributed by atoms with Crippen molar-refractivity contribution in [3.63, 3.8) is 0 Å². The van der Waals surface area contributed by atoms with Crippen LogP contribution < -0.4 is 9.64 Å². The molecule has 0 atom stereocenters. The number of anilines is 1. The number of aromatic nitrogens is 3. The summed E-state index contributed by atoms with van der Waals surface area (Å²) in [6.07, 6.45) is -2.87. The number of carbonyl (C=O) groups excluding carboxylic acids is 1. The van der Waals surface area contributed by atoms with E-state index in [0.717, 1.165) is 11.8 Å². The molecule has 0 saturated heterocycles. The predicted molar refractivity (Wildman–Crippen MR) is 96.2 cm³/mol. The zero-order valence-corrected chi connectivity index (χ0v) is 15.4. The second-order valence-electron chi connectivity index (χ2n) is 5.54. The van der Waals surface area contributed by atoms with Crippen LogP contribution in [0.5, 0.6) is 5.75 Å². The monoisotopic (exact) mass is 412 g/mol. The number of aromatic amines is 1. The maximum absolute atomic E-state index is 13.0. The summed E-state index contributed by atoms with van der Waals surface area (Å²) in [7, 11) is 1.44. The molecule has 0 bridgehead atoms. The molecule has 1 aromatic carbocycles. The van der Waals surface area contributed by atoms with Gasteiger partial charge in [-0.15, -0.1) is 10.2 Å². The van der Waals surface area contributed by atoms with Crippen molar-refractivity contribution >= 4 is 23.4 Å². The van der Waals surface area contributed by atoms with Crippen LogP contribution in [0.2, 0.25) is 0 Å². The fourth-order valence-electron chi connectivity index (χ4n) is 2.31. The largest absolute Gasteiger partial charge is 0.497 e. The molecule has 0 unspecified atom stereocenters. The summed E-state index contributed by atoms with van der Waals surface area (Å²) in [5.74, 6) is -0.344. The lowest BCUT2D eigenvalue weighted by molar-refractivity contribution is -0.131. The van der Waals surface area contributed by atoms with Crippen LogP contribution in [0.4, 0.5) is 18.9 Å². The molecule has 28 heavy (non-hydrogen) atoms. The minimum absolute atomic E-state index is 0.0830. The fourth-order valence-corrected chi connectivity index (χ4v) is 2.95. The highest BCUT2D eigenvalue weighted by Crippen LogP contribution is 2.27. The van der Waals surface area contributed by atoms with Gasteiger partial charge < -0.3 is 19.0 Å². The molecule has 2 heterocycles. The van der Waals surface area contributed by atoms with Gasteiger partial charge in [-0.25, -0.2) is 0 Å². The van der Waals surface area contributed by atoms with Gasteiger partial charge >= 0.3 is 6.18 Å². The molecule has 3 rings (SSSR count). The second kappa shape index (κ2) is 8.38. The lowest BCUT2D eigenvalue weighted by Gasteiger charge is -2.24. The number of methoxy groups -OCH3 is 1. The molecule has 0 spiro atoms. The lowest BCUT2D eigenvalue weighted by atomic mass is 10.2. The highest BCUT2D eigenvalue weighted by molar-refractivity contribution is 7.99. The van der Waals surface area contributed by atoms with Crippen molar-refractivity contribution < 1.29 is 27.1 Å². The van der Waals surface area contributed by atoms with Gasteiger partial charge in [-0.2, -0.15) is 13.2 Å². The van der Waals surface area contributed by atoms with Crippen LogP contribution in [0.25, 0.3) is 11.6 Å². The molecule has 0 aliphatic carbocycles. The summed E-state index contributed by atoms with van der Waals surface area (Å²) < 4.78 is 49.2. The standard InChI is InChI=1S/C17H15F3N4O3S/c1-26-12-6-4-11(5-7-12)24(10-17(18,19)20)14(25)9-28-16-23-22-15(27-16)13-3-2-8-21-13/h2-8,21H,9-10H2,1H3. The summed E-state index contributed by atoms with van der Waals surface area (Å²) in [5, 5.41) is 7.70. The van der Waals surface area contributed by atoms with Gasteiger partial charge in [0, 0.05) is 11.9 Å². The van der Waals surface area contributed by atoms with Crippen molar-refractivity contribution in [2.45, 2.75) is 11.4 Å². The van der Waals surface area contributed by atoms with Crippen LogP contribution >= 0.6 is 11.8 Å². The Labute approximate surface area is 161 Å². The lowest BCUT2D eigenvalue weighted by Crippen LogP contribution is -2.40. The number of benzene rings is 1. The topological polar surface area (TPSA) is 84.2 Å². The number of hydrogen-bond acceptors (Lipinski definition) is 6. The first-order chi connectivity index (χ1) is 13.4. The molecule has 0 fully saturated rings. The zero-order chi connectivity index (χ0) is 20.1. The first-order valence-electron chi connectivity index (χ1n) is 7.97. The van der Waals surface area contributed by atoms with E-state index in [9.17, 15) is 18.0 Å². The van der Waals surface area contributed by atoms with E-state index in [1.807, 2.05) is 0 Å². The molecule has 7 nitrogen and oxygen atoms in total. The van der Waals surface area contributed by atoms with E-state index in [0.29, 0.717) is 16.3 Å². The number of ether oxygens (including phenoxy) is 1. The minimum Gasteiger partial charge on any atom is -0.497 e. The van der Waals surface area contributed by atoms with E-state index >= 15 is 0 Å². The summed E-state index contributed by atoms with van der Waals surface area (Å²) in [4.78, 5) is 16.0. The summed E-state index contributed by atoms with van der Waals surface area (Å²) in [6.45, 7) is -1.41. The molecule has 1 N–H and O–H groups in total. The molecular weight excluding hydrogens is 397 g/mol. The van der Waals surface area contributed by atoms with E-state index < -0.39 is 18.6 Å². The number of thioether (sulfide) groups is 1. The molecule has 148 valence electrons. The predicted octanol–water partition coefficient (Wildman–Crippen LogP) is 3.76. The maximum Gasteiger partial charge on any atom is 0.406 e. The first-order valence-corrected chi connectivity index (χ1v) is 8.95. The Morgan fingerprint density at radius 1 is 1.25 bits per heavy atom. The third-order valence-corrected chi connectivity index (χ3v) is 4.38. The zero-order valence-electron chi connectivity index (χ0n) is 14.6. The number of hydrogen-bond donors (Lipinski definition) is 1. The van der Waals surface area contributed by atoms with Crippen molar-refractivity contribution in [2.24, 2.45) is 0 Å². The van der Waals surface area contributed by atoms with E-state index in [4.69, 9.17) is 9.15 Å². The van der Waals surface area contributed by atoms with Gasteiger partial charge in [-0.1, -0.05) is 11.8 Å². The Balaban J connectivity index is 1.70. The number of alkyl halides is 3. The van der Waals surface area contributed by atoms with Crippen LogP contribution in [0.1, 0.15) is 0 Å². The van der Waals surface area contributed by atoms with E-state index in [1.165, 1.54) is 31.4 Å².